The largest absolute Gasteiger partial charge is 0.350 e. The molecule has 4 heterocycles. The van der Waals surface area contributed by atoms with Crippen molar-refractivity contribution >= 4 is 56.5 Å². The fourth-order valence-corrected chi connectivity index (χ4v) is 6.28. The van der Waals surface area contributed by atoms with E-state index in [0.717, 1.165) is 36.3 Å². The molecule has 15 heteroatoms. The van der Waals surface area contributed by atoms with Gasteiger partial charge >= 0.3 is 0 Å². The molecule has 200 valence electrons. The monoisotopic (exact) mass is 571 g/mol. The van der Waals surface area contributed by atoms with Crippen LogP contribution in [0.5, 0.6) is 0 Å². The number of halogens is 2. The van der Waals surface area contributed by atoms with E-state index in [2.05, 4.69) is 25.6 Å². The minimum atomic E-state index is -3.51. The van der Waals surface area contributed by atoms with Gasteiger partial charge in [0.2, 0.25) is 10.0 Å². The van der Waals surface area contributed by atoms with E-state index in [1.807, 2.05) is 7.05 Å². The highest BCUT2D eigenvalue weighted by Gasteiger charge is 2.34. The first kappa shape index (κ1) is 27.4. The molecule has 2 aromatic heterocycles. The summed E-state index contributed by atoms with van der Waals surface area (Å²) in [5.41, 5.74) is 4.48. The van der Waals surface area contributed by atoms with Gasteiger partial charge in [0.1, 0.15) is 17.7 Å². The molecule has 0 saturated carbocycles. The number of hydrogen-bond donors (Lipinski definition) is 3. The predicted octanol–water partition coefficient (Wildman–Crippen LogP) is 1.15. The van der Waals surface area contributed by atoms with Gasteiger partial charge < -0.3 is 15.2 Å². The molecule has 2 amide bonds. The average molecular weight is 572 g/mol. The third-order valence-electron chi connectivity index (χ3n) is 6.30. The summed E-state index contributed by atoms with van der Waals surface area (Å²) in [6.45, 7) is 1.84. The Labute approximate surface area is 223 Å². The molecule has 5 rings (SSSR count). The maximum atomic E-state index is 13.5. The molecule has 0 unspecified atom stereocenters. The second-order valence-corrected chi connectivity index (χ2v) is 12.1. The van der Waals surface area contributed by atoms with Gasteiger partial charge in [0, 0.05) is 54.9 Å². The maximum Gasteiger partial charge on any atom is 0.282 e. The van der Waals surface area contributed by atoms with E-state index in [1.54, 1.807) is 6.07 Å². The van der Waals surface area contributed by atoms with Crippen LogP contribution in [0.3, 0.4) is 0 Å². The molecule has 1 fully saturated rings. The number of carbonyl (C=O) groups excluding carboxylic acids is 2. The fraction of sp³-hybridized carbons (Fsp3) is 0.409. The lowest BCUT2D eigenvalue weighted by molar-refractivity contribution is 0.0350. The van der Waals surface area contributed by atoms with Crippen molar-refractivity contribution in [2.75, 3.05) is 39.5 Å². The number of nitrogens with zero attached hydrogens (tertiary/aromatic N) is 4. The van der Waals surface area contributed by atoms with Gasteiger partial charge in [0.05, 0.1) is 11.9 Å². The van der Waals surface area contributed by atoms with Crippen molar-refractivity contribution in [3.63, 3.8) is 0 Å². The Kier molecular flexibility index (Phi) is 7.88. The summed E-state index contributed by atoms with van der Waals surface area (Å²) in [4.78, 5) is 36.7. The Morgan fingerprint density at radius 1 is 1.19 bits per heavy atom. The van der Waals surface area contributed by atoms with Crippen LogP contribution in [0.25, 0.3) is 10.9 Å². The van der Waals surface area contributed by atoms with Crippen molar-refractivity contribution in [1.29, 1.82) is 0 Å². The zero-order valence-corrected chi connectivity index (χ0v) is 22.6. The number of H-pyrrole nitrogens is 1. The lowest BCUT2D eigenvalue weighted by atomic mass is 10.2. The number of amides is 2. The van der Waals surface area contributed by atoms with Gasteiger partial charge in [-0.25, -0.2) is 17.8 Å². The maximum absolute atomic E-state index is 13.5. The number of hydrazine groups is 1. The molecule has 11 nitrogen and oxygen atoms in total. The summed E-state index contributed by atoms with van der Waals surface area (Å²) >= 11 is 1.32. The van der Waals surface area contributed by atoms with Gasteiger partial charge in [0.15, 0.2) is 5.01 Å². The van der Waals surface area contributed by atoms with Gasteiger partial charge in [0.25, 0.3) is 11.8 Å². The summed E-state index contributed by atoms with van der Waals surface area (Å²) in [5, 5.41) is 5.20. The standard InChI is InChI=1S/C22H26FN7O4S2.ClH/c1-28-6-5-16-18(11-28)35-22(25-16)21(32)26-19-12-29(36(2,33)34)7-8-30(19)27-20(31)17-10-13-9-14(23)3-4-15(13)24-17;/h3-4,9-10,19,24H,5-8,11-12H2,1-2H3,(H,26,32)(H,27,31);1H/t19-;/m1./s1. The van der Waals surface area contributed by atoms with Crippen molar-refractivity contribution < 1.29 is 22.4 Å². The average Bonchev–Trinajstić information content (AvgIpc) is 3.43. The molecule has 3 N–H and O–H groups in total. The molecular formula is C22H27ClFN7O4S2. The number of carbonyl (C=O) groups is 2. The van der Waals surface area contributed by atoms with Gasteiger partial charge in [-0.05, 0) is 31.3 Å². The predicted molar refractivity (Wildman–Crippen MR) is 139 cm³/mol. The molecule has 3 aromatic rings. The number of nitrogens with one attached hydrogen (secondary N) is 3. The Balaban J connectivity index is 0.00000320. The van der Waals surface area contributed by atoms with Crippen molar-refractivity contribution in [3.05, 3.63) is 51.4 Å². The van der Waals surface area contributed by atoms with E-state index in [4.69, 9.17) is 0 Å². The molecule has 1 aromatic carbocycles. The number of benzene rings is 1. The molecule has 1 saturated heterocycles. The molecule has 2 aliphatic rings. The lowest BCUT2D eigenvalue weighted by Gasteiger charge is -2.40. The van der Waals surface area contributed by atoms with E-state index in [9.17, 15) is 22.4 Å². The van der Waals surface area contributed by atoms with E-state index in [0.29, 0.717) is 15.9 Å². The first-order valence-electron chi connectivity index (χ1n) is 11.4. The molecule has 1 atom stereocenters. The normalized spacial score (nSPS) is 19.3. The fourth-order valence-electron chi connectivity index (χ4n) is 4.37. The number of hydrogen-bond acceptors (Lipinski definition) is 8. The SMILES string of the molecule is CN1CCc2nc(C(=O)N[C@H]3CN(S(C)(=O)=O)CCN3NC(=O)c3cc4cc(F)ccc4[nH]3)sc2C1.Cl. The van der Waals surface area contributed by atoms with Crippen LogP contribution in [-0.2, 0) is 23.0 Å². The quantitative estimate of drug-likeness (QED) is 0.419. The number of likely N-dealkylation sites (N-methyl/N-ethyl adjacent to an activating group) is 1. The highest BCUT2D eigenvalue weighted by atomic mass is 35.5. The van der Waals surface area contributed by atoms with Crippen molar-refractivity contribution in [2.45, 2.75) is 19.1 Å². The van der Waals surface area contributed by atoms with E-state index in [-0.39, 0.29) is 37.7 Å². The Hall–Kier alpha value is -2.62. The number of aromatic nitrogens is 2. The molecule has 37 heavy (non-hydrogen) atoms. The Bertz CT molecular complexity index is 1440. The first-order chi connectivity index (χ1) is 17.1. The molecule has 2 aliphatic heterocycles. The molecule has 0 aliphatic carbocycles. The summed E-state index contributed by atoms with van der Waals surface area (Å²) in [6, 6.07) is 5.69. The second kappa shape index (κ2) is 10.6. The number of fused-ring (bicyclic) bond motifs is 2. The summed E-state index contributed by atoms with van der Waals surface area (Å²) in [5.74, 6) is -1.34. The summed E-state index contributed by atoms with van der Waals surface area (Å²) < 4.78 is 39.2. The van der Waals surface area contributed by atoms with Crippen LogP contribution in [0.15, 0.2) is 24.3 Å². The second-order valence-electron chi connectivity index (χ2n) is 9.04. The Morgan fingerprint density at radius 2 is 1.97 bits per heavy atom. The lowest BCUT2D eigenvalue weighted by Crippen LogP contribution is -2.65. The van der Waals surface area contributed by atoms with Gasteiger partial charge in [-0.2, -0.15) is 9.31 Å². The van der Waals surface area contributed by atoms with Crippen molar-refractivity contribution in [2.24, 2.45) is 0 Å². The van der Waals surface area contributed by atoms with Crippen LogP contribution in [0.4, 0.5) is 4.39 Å². The van der Waals surface area contributed by atoms with Crippen LogP contribution in [0.1, 0.15) is 30.9 Å². The smallest absolute Gasteiger partial charge is 0.282 e. The molecule has 0 spiro atoms. The Morgan fingerprint density at radius 3 is 2.73 bits per heavy atom. The number of piperazine rings is 1. The van der Waals surface area contributed by atoms with E-state index < -0.39 is 33.8 Å². The number of thiazole rings is 1. The zero-order valence-electron chi connectivity index (χ0n) is 20.2. The number of sulfonamides is 1. The number of aromatic amines is 1. The van der Waals surface area contributed by atoms with E-state index in [1.165, 1.54) is 38.9 Å². The summed E-state index contributed by atoms with van der Waals surface area (Å²) in [7, 11) is -1.50. The van der Waals surface area contributed by atoms with Crippen molar-refractivity contribution in [1.82, 2.24) is 34.9 Å². The van der Waals surface area contributed by atoms with Gasteiger partial charge in [-0.3, -0.25) is 15.0 Å². The summed E-state index contributed by atoms with van der Waals surface area (Å²) in [6.07, 6.45) is 1.04. The van der Waals surface area contributed by atoms with Gasteiger partial charge in [-0.15, -0.1) is 23.7 Å². The van der Waals surface area contributed by atoms with Crippen LogP contribution < -0.4 is 10.7 Å². The van der Waals surface area contributed by atoms with Crippen LogP contribution in [0, 0.1) is 5.82 Å². The topological polar surface area (TPSA) is 131 Å². The van der Waals surface area contributed by atoms with Gasteiger partial charge in [-0.1, -0.05) is 0 Å². The van der Waals surface area contributed by atoms with E-state index >= 15 is 0 Å². The van der Waals surface area contributed by atoms with Crippen LogP contribution in [-0.4, -0.2) is 90.1 Å². The minimum Gasteiger partial charge on any atom is -0.350 e. The third-order valence-corrected chi connectivity index (χ3v) is 8.65. The van der Waals surface area contributed by atoms with Crippen LogP contribution >= 0.6 is 23.7 Å². The highest BCUT2D eigenvalue weighted by molar-refractivity contribution is 7.88. The number of rotatable bonds is 5. The molecular weight excluding hydrogens is 545 g/mol. The first-order valence-corrected chi connectivity index (χ1v) is 14.0. The third kappa shape index (κ3) is 5.94. The molecule has 0 radical (unpaired) electrons. The van der Waals surface area contributed by atoms with Crippen molar-refractivity contribution in [3.8, 4) is 0 Å². The molecule has 0 bridgehead atoms. The highest BCUT2D eigenvalue weighted by Crippen LogP contribution is 2.25. The van der Waals surface area contributed by atoms with Crippen LogP contribution in [0.2, 0.25) is 0 Å². The minimum absolute atomic E-state index is 0. The zero-order chi connectivity index (χ0) is 25.6.